The van der Waals surface area contributed by atoms with Crippen LogP contribution < -0.4 is 15.6 Å². The summed E-state index contributed by atoms with van der Waals surface area (Å²) in [7, 11) is 0. The molecule has 2 aromatic rings. The van der Waals surface area contributed by atoms with Gasteiger partial charge in [0.05, 0.1) is 0 Å². The van der Waals surface area contributed by atoms with E-state index in [1.807, 2.05) is 35.2 Å². The van der Waals surface area contributed by atoms with Crippen molar-refractivity contribution in [2.75, 3.05) is 23.7 Å². The smallest absolute Gasteiger partial charge is 0.352 e. The van der Waals surface area contributed by atoms with Crippen LogP contribution in [0, 0.1) is 0 Å². The number of halogens is 1. The largest absolute Gasteiger partial charge is 0.477 e. The zero-order valence-corrected chi connectivity index (χ0v) is 21.4. The summed E-state index contributed by atoms with van der Waals surface area (Å²) >= 11 is 9.85. The number of carboxylic acids is 1. The average molecular weight is 556 g/mol. The number of thiazole rings is 1. The Morgan fingerprint density at radius 3 is 2.80 bits per heavy atom. The van der Waals surface area contributed by atoms with Crippen molar-refractivity contribution in [2.24, 2.45) is 5.16 Å². The first-order valence-electron chi connectivity index (χ1n) is 10.1. The van der Waals surface area contributed by atoms with Gasteiger partial charge in [-0.2, -0.15) is 0 Å². The molecule has 2 atom stereocenters. The molecule has 1 fully saturated rings. The maximum atomic E-state index is 13.1. The fraction of sp³-hybridized carbons (Fsp3) is 0.300. The maximum Gasteiger partial charge on any atom is 0.352 e. The second-order valence-corrected chi connectivity index (χ2v) is 10.9. The summed E-state index contributed by atoms with van der Waals surface area (Å²) in [5, 5.41) is 15.9. The molecule has 0 spiro atoms. The third-order valence-electron chi connectivity index (χ3n) is 5.06. The number of aliphatic carboxylic acids is 1. The van der Waals surface area contributed by atoms with Gasteiger partial charge in [-0.3, -0.25) is 14.5 Å². The first-order chi connectivity index (χ1) is 16.8. The van der Waals surface area contributed by atoms with E-state index in [1.54, 1.807) is 6.26 Å². The monoisotopic (exact) mass is 555 g/mol. The van der Waals surface area contributed by atoms with E-state index in [1.165, 1.54) is 28.4 Å². The Kier molecular flexibility index (Phi) is 7.84. The molecule has 4 N–H and O–H groups in total. The number of nitrogens with two attached hydrogens (primary N) is 1. The van der Waals surface area contributed by atoms with Gasteiger partial charge in [0.2, 0.25) is 0 Å². The van der Waals surface area contributed by atoms with E-state index in [-0.39, 0.29) is 32.5 Å². The van der Waals surface area contributed by atoms with Gasteiger partial charge >= 0.3 is 5.97 Å². The van der Waals surface area contributed by atoms with Crippen LogP contribution in [-0.4, -0.2) is 67.8 Å². The number of nitrogens with one attached hydrogen (secondary N) is 1. The number of fused-ring (bicyclic) bond motifs is 1. The molecule has 0 aliphatic carbocycles. The lowest BCUT2D eigenvalue weighted by atomic mass is 10.0. The lowest BCUT2D eigenvalue weighted by molar-refractivity contribution is -0.689. The number of carbonyl (C=O) groups is 3. The topological polar surface area (TPSA) is 151 Å². The maximum absolute atomic E-state index is 13.1. The number of carbonyl (C=O) groups excluding carboxylic acids is 2. The van der Waals surface area contributed by atoms with Crippen molar-refractivity contribution in [2.45, 2.75) is 18.0 Å². The van der Waals surface area contributed by atoms with Crippen molar-refractivity contribution in [3.8, 4) is 0 Å². The number of β-lactam (4-membered cyclic amide) rings is 1. The molecule has 35 heavy (non-hydrogen) atoms. The van der Waals surface area contributed by atoms with E-state index < -0.39 is 29.2 Å². The number of anilines is 1. The standard InChI is InChI=1S/C20H19ClN6O5S3/c1-33-9-32-25-12(11-15(21)35-20(22)24-11)16(28)23-13-17(29)27-14(19(30)31)10(8-34-18(13)27)7-26-5-3-2-4-6-26/h2-6,13,18H,7-9H2,1H3,(H3-,22,23,24,28,30,31)/p+1/t13?,18-/m1/s1. The molecule has 1 saturated heterocycles. The van der Waals surface area contributed by atoms with Gasteiger partial charge in [0.25, 0.3) is 11.8 Å². The first kappa shape index (κ1) is 25.3. The van der Waals surface area contributed by atoms with Gasteiger partial charge in [-0.25, -0.2) is 14.3 Å². The average Bonchev–Trinajstić information content (AvgIpc) is 3.17. The number of hydrogen-bond acceptors (Lipinski definition) is 10. The van der Waals surface area contributed by atoms with Crippen LogP contribution in [0.1, 0.15) is 5.69 Å². The van der Waals surface area contributed by atoms with E-state index in [0.29, 0.717) is 17.9 Å². The summed E-state index contributed by atoms with van der Waals surface area (Å²) < 4.78 is 1.99. The number of carboxylic acid groups (broad SMARTS) is 1. The molecule has 2 aromatic heterocycles. The fourth-order valence-electron chi connectivity index (χ4n) is 3.57. The summed E-state index contributed by atoms with van der Waals surface area (Å²) in [4.78, 5) is 48.5. The van der Waals surface area contributed by atoms with Crippen LogP contribution in [-0.2, 0) is 25.8 Å². The molecule has 4 rings (SSSR count). The van der Waals surface area contributed by atoms with E-state index >= 15 is 0 Å². The highest BCUT2D eigenvalue weighted by molar-refractivity contribution is 8.00. The molecule has 184 valence electrons. The van der Waals surface area contributed by atoms with E-state index in [4.69, 9.17) is 22.2 Å². The molecule has 0 saturated carbocycles. The van der Waals surface area contributed by atoms with Crippen LogP contribution in [0.3, 0.4) is 0 Å². The van der Waals surface area contributed by atoms with Gasteiger partial charge in [0.1, 0.15) is 27.1 Å². The second kappa shape index (κ2) is 10.8. The normalized spacial score (nSPS) is 19.8. The molecular formula is C20H20ClN6O5S3+. The first-order valence-corrected chi connectivity index (χ1v) is 13.7. The summed E-state index contributed by atoms with van der Waals surface area (Å²) in [5.41, 5.74) is 6.06. The molecule has 0 bridgehead atoms. The van der Waals surface area contributed by atoms with E-state index in [9.17, 15) is 19.5 Å². The Bertz CT molecular complexity index is 1220. The van der Waals surface area contributed by atoms with Gasteiger partial charge in [-0.1, -0.05) is 34.2 Å². The van der Waals surface area contributed by atoms with Gasteiger partial charge in [-0.15, -0.1) is 23.5 Å². The van der Waals surface area contributed by atoms with Crippen LogP contribution in [0.2, 0.25) is 4.34 Å². The second-order valence-electron chi connectivity index (χ2n) is 7.32. The van der Waals surface area contributed by atoms with Crippen molar-refractivity contribution in [3.63, 3.8) is 0 Å². The van der Waals surface area contributed by atoms with E-state index in [0.717, 1.165) is 11.3 Å². The van der Waals surface area contributed by atoms with Crippen molar-refractivity contribution in [1.29, 1.82) is 0 Å². The number of thioether (sulfide) groups is 2. The van der Waals surface area contributed by atoms with Gasteiger partial charge in [0, 0.05) is 23.5 Å². The SMILES string of the molecule is CSCON=C(C(=O)NC1C(=O)N2C(C(=O)O)=C(C[n+]3ccccc3)CS[C@H]12)c1nc(N)sc1Cl. The van der Waals surface area contributed by atoms with Crippen LogP contribution in [0.15, 0.2) is 47.0 Å². The fourth-order valence-corrected chi connectivity index (χ4v) is 6.00. The quantitative estimate of drug-likeness (QED) is 0.103. The predicted molar refractivity (Wildman–Crippen MR) is 134 cm³/mol. The highest BCUT2D eigenvalue weighted by Gasteiger charge is 2.54. The number of hydrogen-bond donors (Lipinski definition) is 3. The third-order valence-corrected chi connectivity index (χ3v) is 7.82. The van der Waals surface area contributed by atoms with Crippen LogP contribution >= 0.6 is 46.5 Å². The number of aromatic nitrogens is 2. The van der Waals surface area contributed by atoms with Crippen molar-refractivity contribution < 1.29 is 28.9 Å². The third kappa shape index (κ3) is 5.24. The Morgan fingerprint density at radius 1 is 1.43 bits per heavy atom. The lowest BCUT2D eigenvalue weighted by Crippen LogP contribution is -2.71. The van der Waals surface area contributed by atoms with Gasteiger partial charge < -0.3 is 21.0 Å². The predicted octanol–water partition coefficient (Wildman–Crippen LogP) is 1.15. The Hall–Kier alpha value is -2.81. The molecule has 15 heteroatoms. The number of rotatable bonds is 9. The van der Waals surface area contributed by atoms with Crippen LogP contribution in [0.4, 0.5) is 5.13 Å². The molecule has 0 aromatic carbocycles. The highest BCUT2D eigenvalue weighted by atomic mass is 35.5. The summed E-state index contributed by atoms with van der Waals surface area (Å²) in [6, 6.07) is 4.58. The number of amides is 2. The number of oxime groups is 1. The zero-order valence-electron chi connectivity index (χ0n) is 18.2. The number of pyridine rings is 1. The molecule has 4 heterocycles. The molecule has 1 unspecified atom stereocenters. The Balaban J connectivity index is 1.54. The van der Waals surface area contributed by atoms with E-state index in [2.05, 4.69) is 15.5 Å². The Morgan fingerprint density at radius 2 is 2.17 bits per heavy atom. The number of nitrogens with zero attached hydrogens (tertiary/aromatic N) is 4. The van der Waals surface area contributed by atoms with Gasteiger partial charge in [0.15, 0.2) is 35.7 Å². The molecule has 2 aliphatic rings. The minimum absolute atomic E-state index is 0.0426. The molecule has 0 radical (unpaired) electrons. The summed E-state index contributed by atoms with van der Waals surface area (Å²) in [6.45, 7) is 0.330. The molecular weight excluding hydrogens is 536 g/mol. The summed E-state index contributed by atoms with van der Waals surface area (Å²) in [5.74, 6) is -1.90. The lowest BCUT2D eigenvalue weighted by Gasteiger charge is -2.49. The van der Waals surface area contributed by atoms with Crippen molar-refractivity contribution in [1.82, 2.24) is 15.2 Å². The van der Waals surface area contributed by atoms with Gasteiger partial charge in [-0.05, 0) is 6.26 Å². The van der Waals surface area contributed by atoms with Crippen molar-refractivity contribution >= 4 is 75.1 Å². The zero-order chi connectivity index (χ0) is 25.1. The minimum Gasteiger partial charge on any atom is -0.477 e. The highest BCUT2D eigenvalue weighted by Crippen LogP contribution is 2.40. The molecule has 2 amide bonds. The van der Waals surface area contributed by atoms with Crippen LogP contribution in [0.5, 0.6) is 0 Å². The van der Waals surface area contributed by atoms with Crippen LogP contribution in [0.25, 0.3) is 0 Å². The molecule has 11 nitrogen and oxygen atoms in total. The van der Waals surface area contributed by atoms with Crippen molar-refractivity contribution in [3.05, 3.63) is 51.9 Å². The molecule has 2 aliphatic heterocycles. The summed E-state index contributed by atoms with van der Waals surface area (Å²) in [6.07, 6.45) is 5.43. The number of nitrogen functional groups attached to an aromatic ring is 1. The Labute approximate surface area is 217 Å². The minimum atomic E-state index is -1.20.